The van der Waals surface area contributed by atoms with Crippen molar-refractivity contribution in [3.63, 3.8) is 0 Å². The third-order valence-corrected chi connectivity index (χ3v) is 5.88. The molecule has 1 atom stereocenters. The van der Waals surface area contributed by atoms with Crippen LogP contribution in [0.25, 0.3) is 0 Å². The summed E-state index contributed by atoms with van der Waals surface area (Å²) >= 11 is 0. The van der Waals surface area contributed by atoms with E-state index in [1.54, 1.807) is 43.7 Å². The summed E-state index contributed by atoms with van der Waals surface area (Å²) in [5.41, 5.74) is 2.68. The van der Waals surface area contributed by atoms with Gasteiger partial charge in [0.1, 0.15) is 23.7 Å². The Kier molecular flexibility index (Phi) is 8.68. The average molecular weight is 491 g/mol. The average Bonchev–Trinajstić information content (AvgIpc) is 3.44. The van der Waals surface area contributed by atoms with E-state index >= 15 is 0 Å². The molecule has 2 aromatic heterocycles. The molecule has 0 saturated carbocycles. The number of esters is 1. The summed E-state index contributed by atoms with van der Waals surface area (Å²) in [6.07, 6.45) is 1.67. The second-order valence-corrected chi connectivity index (χ2v) is 8.82. The molecule has 0 radical (unpaired) electrons. The van der Waals surface area contributed by atoms with Crippen LogP contribution >= 0.6 is 0 Å². The Hall–Kier alpha value is -4.32. The van der Waals surface area contributed by atoms with E-state index < -0.39 is 24.5 Å². The maximum atomic E-state index is 12.7. The number of carbonyl (C=O) groups is 3. The van der Waals surface area contributed by atoms with Gasteiger partial charge in [-0.15, -0.1) is 0 Å². The molecule has 1 aromatic carbocycles. The van der Waals surface area contributed by atoms with Gasteiger partial charge in [0, 0.05) is 5.69 Å². The monoisotopic (exact) mass is 490 g/mol. The molecule has 0 saturated heterocycles. The van der Waals surface area contributed by atoms with Gasteiger partial charge >= 0.3 is 5.97 Å². The van der Waals surface area contributed by atoms with Gasteiger partial charge in [-0.05, 0) is 43.0 Å². The van der Waals surface area contributed by atoms with E-state index in [-0.39, 0.29) is 18.2 Å². The smallest absolute Gasteiger partial charge is 0.329 e. The summed E-state index contributed by atoms with van der Waals surface area (Å²) in [6, 6.07) is 14.0. The van der Waals surface area contributed by atoms with Crippen molar-refractivity contribution in [2.75, 3.05) is 11.9 Å². The van der Waals surface area contributed by atoms with Crippen molar-refractivity contribution in [3.05, 3.63) is 76.9 Å². The highest BCUT2D eigenvalue weighted by atomic mass is 16.5. The summed E-state index contributed by atoms with van der Waals surface area (Å²) in [4.78, 5) is 37.8. The van der Waals surface area contributed by atoms with Gasteiger partial charge in [-0.2, -0.15) is 5.26 Å². The lowest BCUT2D eigenvalue weighted by Crippen LogP contribution is -2.46. The number of furan rings is 1. The van der Waals surface area contributed by atoms with Gasteiger partial charge in [-0.3, -0.25) is 9.59 Å². The molecule has 2 amide bonds. The highest BCUT2D eigenvalue weighted by Gasteiger charge is 2.27. The minimum Gasteiger partial charge on any atom is -0.467 e. The van der Waals surface area contributed by atoms with E-state index in [0.29, 0.717) is 23.7 Å². The number of hydrogen-bond acceptors (Lipinski definition) is 6. The molecule has 0 aliphatic rings. The lowest BCUT2D eigenvalue weighted by Gasteiger charge is -2.21. The molecule has 36 heavy (non-hydrogen) atoms. The van der Waals surface area contributed by atoms with Crippen LogP contribution in [-0.4, -0.2) is 35.0 Å². The minimum absolute atomic E-state index is 0.125. The predicted octanol–water partition coefficient (Wildman–Crippen LogP) is 3.48. The van der Waals surface area contributed by atoms with Gasteiger partial charge in [0.05, 0.1) is 24.8 Å². The number of aromatic nitrogens is 1. The van der Waals surface area contributed by atoms with Crippen molar-refractivity contribution in [1.29, 1.82) is 5.26 Å². The molecular formula is C27H30N4O5. The molecule has 0 bridgehead atoms. The quantitative estimate of drug-likeness (QED) is 0.419. The van der Waals surface area contributed by atoms with Gasteiger partial charge in [0.25, 0.3) is 5.91 Å². The van der Waals surface area contributed by atoms with Crippen molar-refractivity contribution in [3.8, 4) is 6.07 Å². The number of benzene rings is 1. The van der Waals surface area contributed by atoms with Crippen LogP contribution in [0.15, 0.2) is 53.1 Å². The molecule has 2 heterocycles. The second-order valence-electron chi connectivity index (χ2n) is 8.82. The number of rotatable bonds is 10. The molecule has 2 N–H and O–H groups in total. The third kappa shape index (κ3) is 6.42. The topological polar surface area (TPSA) is 126 Å². The fourth-order valence-corrected chi connectivity index (χ4v) is 3.78. The first kappa shape index (κ1) is 26.3. The van der Waals surface area contributed by atoms with Crippen molar-refractivity contribution >= 4 is 23.6 Å². The van der Waals surface area contributed by atoms with Crippen LogP contribution in [0.4, 0.5) is 5.82 Å². The third-order valence-electron chi connectivity index (χ3n) is 5.88. The molecule has 0 spiro atoms. The van der Waals surface area contributed by atoms with E-state index in [1.165, 1.54) is 0 Å². The maximum Gasteiger partial charge on any atom is 0.329 e. The first-order valence-corrected chi connectivity index (χ1v) is 11.6. The van der Waals surface area contributed by atoms with E-state index in [1.807, 2.05) is 37.3 Å². The first-order valence-electron chi connectivity index (χ1n) is 11.6. The van der Waals surface area contributed by atoms with Gasteiger partial charge in [0.2, 0.25) is 5.91 Å². The minimum atomic E-state index is -0.906. The predicted molar refractivity (Wildman–Crippen MR) is 133 cm³/mol. The number of amides is 2. The van der Waals surface area contributed by atoms with Crippen LogP contribution in [0.3, 0.4) is 0 Å². The zero-order valence-electron chi connectivity index (χ0n) is 20.8. The van der Waals surface area contributed by atoms with Crippen LogP contribution in [0.5, 0.6) is 0 Å². The van der Waals surface area contributed by atoms with Crippen molar-refractivity contribution in [1.82, 2.24) is 9.88 Å². The fourth-order valence-electron chi connectivity index (χ4n) is 3.78. The Morgan fingerprint density at radius 3 is 2.42 bits per heavy atom. The van der Waals surface area contributed by atoms with Gasteiger partial charge in [-0.25, -0.2) is 4.79 Å². The van der Waals surface area contributed by atoms with E-state index in [0.717, 1.165) is 16.8 Å². The molecule has 0 aliphatic carbocycles. The largest absolute Gasteiger partial charge is 0.467 e. The molecule has 188 valence electrons. The number of hydrogen-bond donors (Lipinski definition) is 2. The standard InChI is InChI=1S/C27H30N4O5/c1-17(2)25(29-23(32)13-20-9-6-5-7-10-20)27(34)36-16-24(33)30-26-22(14-28)18(3)19(4)31(26)15-21-11-8-12-35-21/h5-12,17,25H,13,15-16H2,1-4H3,(H,29,32)(H,30,33). The number of ether oxygens (including phenoxy) is 1. The molecule has 1 unspecified atom stereocenters. The lowest BCUT2D eigenvalue weighted by atomic mass is 10.0. The molecule has 0 fully saturated rings. The van der Waals surface area contributed by atoms with Crippen LogP contribution in [0, 0.1) is 31.1 Å². The fraction of sp³-hybridized carbons (Fsp3) is 0.333. The Morgan fingerprint density at radius 1 is 1.08 bits per heavy atom. The number of nitrogens with zero attached hydrogens (tertiary/aromatic N) is 2. The van der Waals surface area contributed by atoms with E-state index in [9.17, 15) is 19.6 Å². The number of nitriles is 1. The van der Waals surface area contributed by atoms with Gasteiger partial charge < -0.3 is 24.4 Å². The Labute approximate surface area is 210 Å². The molecule has 9 nitrogen and oxygen atoms in total. The Balaban J connectivity index is 1.64. The number of carbonyl (C=O) groups excluding carboxylic acids is 3. The highest BCUT2D eigenvalue weighted by Crippen LogP contribution is 2.27. The number of anilines is 1. The van der Waals surface area contributed by atoms with E-state index in [4.69, 9.17) is 9.15 Å². The molecular weight excluding hydrogens is 460 g/mol. The molecule has 9 heteroatoms. The molecule has 0 aliphatic heterocycles. The Morgan fingerprint density at radius 2 is 1.81 bits per heavy atom. The zero-order chi connectivity index (χ0) is 26.2. The van der Waals surface area contributed by atoms with E-state index in [2.05, 4.69) is 16.7 Å². The van der Waals surface area contributed by atoms with Crippen LogP contribution < -0.4 is 10.6 Å². The normalized spacial score (nSPS) is 11.6. The first-order chi connectivity index (χ1) is 17.2. The van der Waals surface area contributed by atoms with Gasteiger partial charge in [0.15, 0.2) is 6.61 Å². The Bertz CT molecular complexity index is 1250. The summed E-state index contributed by atoms with van der Waals surface area (Å²) in [7, 11) is 0. The van der Waals surface area contributed by atoms with Gasteiger partial charge in [-0.1, -0.05) is 44.2 Å². The van der Waals surface area contributed by atoms with Crippen LogP contribution in [-0.2, 0) is 32.1 Å². The summed E-state index contributed by atoms with van der Waals surface area (Å²) in [5, 5.41) is 15.0. The highest BCUT2D eigenvalue weighted by molar-refractivity contribution is 5.94. The van der Waals surface area contributed by atoms with Crippen LogP contribution in [0.1, 0.15) is 42.0 Å². The molecule has 3 aromatic rings. The van der Waals surface area contributed by atoms with Crippen LogP contribution in [0.2, 0.25) is 0 Å². The summed E-state index contributed by atoms with van der Waals surface area (Å²) in [5.74, 6) is -0.911. The SMILES string of the molecule is Cc1c(C#N)c(NC(=O)COC(=O)C(NC(=O)Cc2ccccc2)C(C)C)n(Cc2ccco2)c1C. The maximum absolute atomic E-state index is 12.7. The summed E-state index contributed by atoms with van der Waals surface area (Å²) in [6.45, 7) is 6.96. The summed E-state index contributed by atoms with van der Waals surface area (Å²) < 4.78 is 12.4. The lowest BCUT2D eigenvalue weighted by molar-refractivity contribution is -0.151. The number of nitrogens with one attached hydrogen (secondary N) is 2. The zero-order valence-corrected chi connectivity index (χ0v) is 20.8. The molecule has 3 rings (SSSR count). The van der Waals surface area contributed by atoms with Crippen molar-refractivity contribution in [2.24, 2.45) is 5.92 Å². The second kappa shape index (κ2) is 11.9. The van der Waals surface area contributed by atoms with Crippen molar-refractivity contribution < 1.29 is 23.5 Å². The van der Waals surface area contributed by atoms with Crippen molar-refractivity contribution in [2.45, 2.75) is 46.7 Å².